The van der Waals surface area contributed by atoms with Gasteiger partial charge in [-0.15, -0.1) is 0 Å². The summed E-state index contributed by atoms with van der Waals surface area (Å²) in [6.07, 6.45) is 41.8. The molecular weight excluding hydrogens is 707 g/mol. The second-order valence-electron chi connectivity index (χ2n) is 13.6. The van der Waals surface area contributed by atoms with Crippen molar-refractivity contribution in [3.05, 3.63) is 60.8 Å². The van der Waals surface area contributed by atoms with E-state index in [9.17, 15) is 24.2 Å². The third-order valence-electron chi connectivity index (χ3n) is 8.41. The minimum absolute atomic E-state index is 0.167. The van der Waals surface area contributed by atoms with Crippen LogP contribution in [-0.2, 0) is 32.7 Å². The first-order chi connectivity index (χ1) is 26.2. The highest BCUT2D eigenvalue weighted by atomic mass is 31.2. The Morgan fingerprint density at radius 3 is 1.54 bits per heavy atom. The largest absolute Gasteiger partial charge is 0.472 e. The lowest BCUT2D eigenvalue weighted by Crippen LogP contribution is -2.29. The molecule has 11 heteroatoms. The number of aliphatic hydroxyl groups is 2. The van der Waals surface area contributed by atoms with E-state index in [4.69, 9.17) is 19.1 Å². The summed E-state index contributed by atoms with van der Waals surface area (Å²) in [7, 11) is -4.62. The number of rotatable bonds is 38. The number of phosphoric acid groups is 1. The zero-order chi connectivity index (χ0) is 39.8. The molecule has 0 aromatic carbocycles. The summed E-state index contributed by atoms with van der Waals surface area (Å²) in [5.41, 5.74) is 0. The maximum Gasteiger partial charge on any atom is 0.472 e. The number of carbonyl (C=O) groups is 2. The second kappa shape index (κ2) is 38.9. The zero-order valence-corrected chi connectivity index (χ0v) is 34.6. The smallest absolute Gasteiger partial charge is 0.462 e. The van der Waals surface area contributed by atoms with Gasteiger partial charge in [0.1, 0.15) is 12.7 Å². The van der Waals surface area contributed by atoms with Crippen LogP contribution in [0.3, 0.4) is 0 Å². The first-order valence-electron chi connectivity index (χ1n) is 20.7. The van der Waals surface area contributed by atoms with Gasteiger partial charge in [-0.1, -0.05) is 139 Å². The van der Waals surface area contributed by atoms with Gasteiger partial charge in [-0.05, 0) is 70.6 Å². The van der Waals surface area contributed by atoms with Crippen LogP contribution >= 0.6 is 7.82 Å². The molecule has 0 saturated heterocycles. The van der Waals surface area contributed by atoms with E-state index in [0.717, 1.165) is 96.3 Å². The van der Waals surface area contributed by atoms with Crippen molar-refractivity contribution < 1.29 is 47.8 Å². The van der Waals surface area contributed by atoms with Gasteiger partial charge in [0.2, 0.25) is 0 Å². The van der Waals surface area contributed by atoms with Crippen LogP contribution in [0.5, 0.6) is 0 Å². The van der Waals surface area contributed by atoms with Crippen LogP contribution in [0.15, 0.2) is 60.8 Å². The molecule has 312 valence electrons. The van der Waals surface area contributed by atoms with E-state index in [1.165, 1.54) is 25.7 Å². The van der Waals surface area contributed by atoms with Gasteiger partial charge in [-0.25, -0.2) is 4.57 Å². The quantitative estimate of drug-likeness (QED) is 0.0239. The number of hydrogen-bond donors (Lipinski definition) is 3. The van der Waals surface area contributed by atoms with Crippen LogP contribution in [-0.4, -0.2) is 65.7 Å². The first kappa shape index (κ1) is 51.7. The van der Waals surface area contributed by atoms with E-state index in [1.54, 1.807) is 0 Å². The monoisotopic (exact) mass is 783 g/mol. The third-order valence-corrected chi connectivity index (χ3v) is 9.36. The number of hydrogen-bond acceptors (Lipinski definition) is 9. The molecule has 0 spiro atoms. The van der Waals surface area contributed by atoms with Crippen LogP contribution in [0, 0.1) is 0 Å². The van der Waals surface area contributed by atoms with Crippen LogP contribution in [0.1, 0.15) is 162 Å². The van der Waals surface area contributed by atoms with Gasteiger partial charge in [0.15, 0.2) is 6.10 Å². The Morgan fingerprint density at radius 1 is 0.574 bits per heavy atom. The molecule has 0 aromatic rings. The molecule has 0 saturated carbocycles. The van der Waals surface area contributed by atoms with Gasteiger partial charge in [0.25, 0.3) is 0 Å². The Balaban J connectivity index is 4.36. The lowest BCUT2D eigenvalue weighted by Gasteiger charge is -2.20. The van der Waals surface area contributed by atoms with Gasteiger partial charge < -0.3 is 24.6 Å². The standard InChI is InChI=1S/C43H75O10P/c1-3-5-7-9-11-13-15-17-19-20-21-23-25-27-29-31-33-35-43(47)53-41(39-52-54(48,49)51-37-40(45)36-44)38-50-42(46)34-32-30-28-26-24-22-18-16-14-12-10-8-6-4-2/h5,7,10-13,16-19,40-41,44-45H,3-4,6,8-9,14-15,20-39H2,1-2H3,(H,48,49)/b7-5-,12-10-,13-11-,18-16-,19-17-. The molecule has 0 aliphatic carbocycles. The van der Waals surface area contributed by atoms with Crippen molar-refractivity contribution >= 4 is 19.8 Å². The van der Waals surface area contributed by atoms with Crippen molar-refractivity contribution in [2.45, 2.75) is 174 Å². The maximum absolute atomic E-state index is 12.6. The Kier molecular flexibility index (Phi) is 37.2. The summed E-state index contributed by atoms with van der Waals surface area (Å²) < 4.78 is 32.7. The molecule has 0 bridgehead atoms. The van der Waals surface area contributed by atoms with E-state index in [1.807, 2.05) is 0 Å². The first-order valence-corrected chi connectivity index (χ1v) is 22.2. The molecule has 10 nitrogen and oxygen atoms in total. The average Bonchev–Trinajstić information content (AvgIpc) is 3.16. The molecule has 3 N–H and O–H groups in total. The van der Waals surface area contributed by atoms with Crippen LogP contribution in [0.4, 0.5) is 0 Å². The number of esters is 2. The number of carbonyl (C=O) groups excluding carboxylic acids is 2. The van der Waals surface area contributed by atoms with Crippen molar-refractivity contribution in [2.24, 2.45) is 0 Å². The Morgan fingerprint density at radius 2 is 1.02 bits per heavy atom. The van der Waals surface area contributed by atoms with Gasteiger partial charge >= 0.3 is 19.8 Å². The molecule has 0 aromatic heterocycles. The Hall–Kier alpha value is -2.33. The predicted octanol–water partition coefficient (Wildman–Crippen LogP) is 10.7. The van der Waals surface area contributed by atoms with Crippen LogP contribution in [0.2, 0.25) is 0 Å². The molecule has 3 unspecified atom stereocenters. The van der Waals surface area contributed by atoms with Crippen LogP contribution in [0.25, 0.3) is 0 Å². The van der Waals surface area contributed by atoms with Crippen molar-refractivity contribution in [1.29, 1.82) is 0 Å². The average molecular weight is 783 g/mol. The predicted molar refractivity (Wildman–Crippen MR) is 219 cm³/mol. The highest BCUT2D eigenvalue weighted by molar-refractivity contribution is 7.47. The molecule has 0 aliphatic rings. The fourth-order valence-corrected chi connectivity index (χ4v) is 5.99. The van der Waals surface area contributed by atoms with E-state index in [2.05, 4.69) is 79.1 Å². The van der Waals surface area contributed by atoms with Crippen LogP contribution < -0.4 is 0 Å². The molecule has 0 heterocycles. The molecule has 0 fully saturated rings. The van der Waals surface area contributed by atoms with Gasteiger partial charge in [-0.3, -0.25) is 18.6 Å². The molecule has 0 amide bonds. The van der Waals surface area contributed by atoms with Gasteiger partial charge in [0, 0.05) is 12.8 Å². The molecular formula is C43H75O10P. The Bertz CT molecular complexity index is 1080. The Labute approximate surface area is 327 Å². The topological polar surface area (TPSA) is 149 Å². The SMILES string of the molecule is CC/C=C\C/C=C\C/C=C\CCCCCCCCCC(=O)OC(COC(=O)CCCCCCC/C=C\C/C=C\CCCC)COP(=O)(O)OCC(O)CO. The molecule has 0 aliphatic heterocycles. The zero-order valence-electron chi connectivity index (χ0n) is 33.7. The van der Waals surface area contributed by atoms with Crippen molar-refractivity contribution in [1.82, 2.24) is 0 Å². The second-order valence-corrected chi connectivity index (χ2v) is 15.1. The summed E-state index contributed by atoms with van der Waals surface area (Å²) in [4.78, 5) is 34.9. The summed E-state index contributed by atoms with van der Waals surface area (Å²) in [6, 6.07) is 0. The minimum atomic E-state index is -4.62. The normalized spacial score (nSPS) is 14.5. The number of unbranched alkanes of at least 4 members (excludes halogenated alkanes) is 14. The third kappa shape index (κ3) is 38.0. The summed E-state index contributed by atoms with van der Waals surface area (Å²) in [6.45, 7) is 2.18. The van der Waals surface area contributed by atoms with E-state index in [0.29, 0.717) is 12.8 Å². The van der Waals surface area contributed by atoms with Crippen molar-refractivity contribution in [2.75, 3.05) is 26.4 Å². The van der Waals surface area contributed by atoms with E-state index < -0.39 is 51.8 Å². The van der Waals surface area contributed by atoms with Crippen molar-refractivity contribution in [3.63, 3.8) is 0 Å². The number of allylic oxidation sites excluding steroid dienone is 10. The summed E-state index contributed by atoms with van der Waals surface area (Å²) in [5, 5.41) is 18.3. The summed E-state index contributed by atoms with van der Waals surface area (Å²) >= 11 is 0. The van der Waals surface area contributed by atoms with E-state index >= 15 is 0 Å². The highest BCUT2D eigenvalue weighted by Crippen LogP contribution is 2.43. The fourth-order valence-electron chi connectivity index (χ4n) is 5.20. The van der Waals surface area contributed by atoms with Gasteiger partial charge in [0.05, 0.1) is 19.8 Å². The number of aliphatic hydroxyl groups excluding tert-OH is 2. The number of ether oxygens (including phenoxy) is 2. The van der Waals surface area contributed by atoms with Crippen molar-refractivity contribution in [3.8, 4) is 0 Å². The lowest BCUT2D eigenvalue weighted by molar-refractivity contribution is -0.161. The highest BCUT2D eigenvalue weighted by Gasteiger charge is 2.27. The lowest BCUT2D eigenvalue weighted by atomic mass is 10.1. The fraction of sp³-hybridized carbons (Fsp3) is 0.721. The summed E-state index contributed by atoms with van der Waals surface area (Å²) in [5.74, 6) is -0.957. The molecule has 0 radical (unpaired) electrons. The maximum atomic E-state index is 12.6. The number of phosphoric ester groups is 1. The minimum Gasteiger partial charge on any atom is -0.462 e. The molecule has 54 heavy (non-hydrogen) atoms. The molecule has 0 rings (SSSR count). The van der Waals surface area contributed by atoms with E-state index in [-0.39, 0.29) is 19.4 Å². The molecule has 3 atom stereocenters. The van der Waals surface area contributed by atoms with Gasteiger partial charge in [-0.2, -0.15) is 0 Å².